The van der Waals surface area contributed by atoms with Crippen LogP contribution in [0, 0.1) is 0 Å². The Hall–Kier alpha value is -8.38. The average molecular weight is 899 g/mol. The predicted molar refractivity (Wildman–Crippen MR) is 280 cm³/mol. The lowest BCUT2D eigenvalue weighted by Crippen LogP contribution is -2.45. The number of pyridine rings is 1. The van der Waals surface area contributed by atoms with Gasteiger partial charge in [-0.3, -0.25) is 4.98 Å². The zero-order valence-corrected chi connectivity index (χ0v) is 38.2. The molecule has 324 valence electrons. The van der Waals surface area contributed by atoms with Crippen LogP contribution in [0.3, 0.4) is 0 Å². The maximum Gasteiger partial charge on any atom is 0.169 e. The van der Waals surface area contributed by atoms with E-state index < -0.39 is 17.0 Å². The molecule has 0 saturated heterocycles. The van der Waals surface area contributed by atoms with E-state index in [0.717, 1.165) is 45.2 Å². The second kappa shape index (κ2) is 15.6. The first-order valence-electron chi connectivity index (χ1n) is 23.6. The predicted octanol–water partition coefficient (Wildman–Crippen LogP) is 14.4. The molecule has 3 heterocycles. The van der Waals surface area contributed by atoms with Crippen LogP contribution in [0.1, 0.15) is 67.4 Å². The summed E-state index contributed by atoms with van der Waals surface area (Å²) in [5.41, 5.74) is 19.4. The Morgan fingerprint density at radius 3 is 1.51 bits per heavy atom. The second-order valence-corrected chi connectivity index (χ2v) is 19.3. The number of fused-ring (bicyclic) bond motifs is 15. The van der Waals surface area contributed by atoms with Crippen molar-refractivity contribution >= 4 is 23.4 Å². The summed E-state index contributed by atoms with van der Waals surface area (Å²) < 4.78 is 0. The van der Waals surface area contributed by atoms with Gasteiger partial charge in [-0.05, 0) is 103 Å². The molecular weight excluding hydrogens is 857 g/mol. The van der Waals surface area contributed by atoms with E-state index in [1.54, 1.807) is 0 Å². The van der Waals surface area contributed by atoms with Gasteiger partial charge in [0.1, 0.15) is 11.7 Å². The van der Waals surface area contributed by atoms with Gasteiger partial charge in [0.05, 0.1) is 16.5 Å². The number of amidine groups is 2. The first kappa shape index (κ1) is 39.8. The molecule has 0 saturated carbocycles. The summed E-state index contributed by atoms with van der Waals surface area (Å²) in [6.45, 7) is 0. The number of aliphatic imine (C=N–C) groups is 2. The quantitative estimate of drug-likeness (QED) is 0.187. The molecule has 0 fully saturated rings. The molecule has 1 aromatic heterocycles. The molecule has 2 spiro atoms. The highest BCUT2D eigenvalue weighted by Crippen LogP contribution is 2.67. The molecule has 0 radical (unpaired) electrons. The standard InChI is InChI=1S/C64H42N4S/c1-2-18-42(19-3-1)60-66-61(68-62(67-60)45-21-16-20-44(40-45)56-32-14-15-39-65-56)43-37-35-41(36-38-43)46-23-17-31-55-59(46)47-22-4-5-24-48(47)63(55)49-25-6-8-27-51(49)64(52-28-9-7-26-50(52)63)53-29-10-12-33-57(53)69-58-34-13-11-30-54(58)64/h1-40,61H,(H,66,67,68). The summed E-state index contributed by atoms with van der Waals surface area (Å²) in [5, 5.41) is 3.59. The van der Waals surface area contributed by atoms with E-state index in [9.17, 15) is 0 Å². The Labute approximate surface area is 405 Å². The lowest BCUT2D eigenvalue weighted by Gasteiger charge is -2.51. The van der Waals surface area contributed by atoms with Gasteiger partial charge in [0.25, 0.3) is 0 Å². The fourth-order valence-electron chi connectivity index (χ4n) is 12.0. The summed E-state index contributed by atoms with van der Waals surface area (Å²) in [4.78, 5) is 17.7. The number of rotatable bonds is 5. The molecule has 0 bridgehead atoms. The van der Waals surface area contributed by atoms with Crippen molar-refractivity contribution in [1.29, 1.82) is 0 Å². The SMILES string of the molecule is c1ccc(C2=NC(c3ccc(-c4cccc5c4-c4ccccc4C54c5ccccc5C5(c6ccccc6Sc6ccccc65)c5ccccc54)cc3)N=C(c3cccc(-c4ccccn4)c3)N2)cc1. The van der Waals surface area contributed by atoms with Crippen LogP contribution in [0.4, 0.5) is 0 Å². The number of nitrogens with zero attached hydrogens (tertiary/aromatic N) is 3. The third-order valence-electron chi connectivity index (χ3n) is 14.7. The third-order valence-corrected chi connectivity index (χ3v) is 15.9. The van der Waals surface area contributed by atoms with Crippen LogP contribution >= 0.6 is 11.8 Å². The fourth-order valence-corrected chi connectivity index (χ4v) is 13.2. The van der Waals surface area contributed by atoms with Gasteiger partial charge in [0.15, 0.2) is 6.17 Å². The molecular formula is C64H42N4S. The van der Waals surface area contributed by atoms with Crippen LogP contribution in [0.15, 0.2) is 263 Å². The van der Waals surface area contributed by atoms with Gasteiger partial charge in [-0.2, -0.15) is 0 Å². The van der Waals surface area contributed by atoms with E-state index >= 15 is 0 Å². The van der Waals surface area contributed by atoms with E-state index in [1.807, 2.05) is 54.4 Å². The first-order valence-corrected chi connectivity index (χ1v) is 24.4. The van der Waals surface area contributed by atoms with Crippen LogP contribution < -0.4 is 5.32 Å². The van der Waals surface area contributed by atoms with Gasteiger partial charge in [0.2, 0.25) is 0 Å². The highest BCUT2D eigenvalue weighted by Gasteiger charge is 2.58. The molecule has 10 aromatic rings. The molecule has 5 heteroatoms. The Kier molecular flexibility index (Phi) is 8.99. The summed E-state index contributed by atoms with van der Waals surface area (Å²) in [5.74, 6) is 1.56. The van der Waals surface area contributed by atoms with Crippen molar-refractivity contribution in [3.05, 3.63) is 304 Å². The maximum atomic E-state index is 5.28. The molecule has 1 atom stereocenters. The lowest BCUT2D eigenvalue weighted by atomic mass is 9.51. The Balaban J connectivity index is 0.928. The summed E-state index contributed by atoms with van der Waals surface area (Å²) in [6.07, 6.45) is 1.38. The van der Waals surface area contributed by atoms with Gasteiger partial charge >= 0.3 is 0 Å². The average Bonchev–Trinajstić information content (AvgIpc) is 3.73. The van der Waals surface area contributed by atoms with Crippen LogP contribution in [0.5, 0.6) is 0 Å². The topological polar surface area (TPSA) is 49.6 Å². The molecule has 4 nitrogen and oxygen atoms in total. The molecule has 2 aliphatic carbocycles. The summed E-state index contributed by atoms with van der Waals surface area (Å²) in [7, 11) is 0. The zero-order valence-electron chi connectivity index (χ0n) is 37.4. The molecule has 14 rings (SSSR count). The normalized spacial score (nSPS) is 16.1. The van der Waals surface area contributed by atoms with Crippen LogP contribution in [-0.2, 0) is 10.8 Å². The maximum absolute atomic E-state index is 5.28. The van der Waals surface area contributed by atoms with Crippen molar-refractivity contribution in [2.24, 2.45) is 9.98 Å². The van der Waals surface area contributed by atoms with Crippen LogP contribution in [0.2, 0.25) is 0 Å². The van der Waals surface area contributed by atoms with Crippen molar-refractivity contribution < 1.29 is 0 Å². The van der Waals surface area contributed by atoms with Crippen LogP contribution in [0.25, 0.3) is 33.5 Å². The molecule has 1 unspecified atom stereocenters. The largest absolute Gasteiger partial charge is 0.324 e. The summed E-state index contributed by atoms with van der Waals surface area (Å²) >= 11 is 1.89. The second-order valence-electron chi connectivity index (χ2n) is 18.2. The fraction of sp³-hybridized carbons (Fsp3) is 0.0469. The lowest BCUT2D eigenvalue weighted by molar-refractivity contribution is 0.605. The molecule has 1 N–H and O–H groups in total. The van der Waals surface area contributed by atoms with E-state index in [4.69, 9.17) is 9.98 Å². The Morgan fingerprint density at radius 2 is 0.855 bits per heavy atom. The molecule has 69 heavy (non-hydrogen) atoms. The number of nitrogens with one attached hydrogen (secondary N) is 1. The van der Waals surface area contributed by atoms with Crippen LogP contribution in [-0.4, -0.2) is 16.7 Å². The van der Waals surface area contributed by atoms with Crippen molar-refractivity contribution in [3.63, 3.8) is 0 Å². The van der Waals surface area contributed by atoms with Gasteiger partial charge in [0, 0.05) is 32.7 Å². The van der Waals surface area contributed by atoms with Crippen molar-refractivity contribution in [2.75, 3.05) is 0 Å². The molecule has 2 aliphatic heterocycles. The van der Waals surface area contributed by atoms with E-state index in [-0.39, 0.29) is 0 Å². The first-order chi connectivity index (χ1) is 34.2. The van der Waals surface area contributed by atoms with E-state index in [1.165, 1.54) is 71.0 Å². The van der Waals surface area contributed by atoms with Gasteiger partial charge in [-0.15, -0.1) is 0 Å². The minimum atomic E-state index is -0.564. The van der Waals surface area contributed by atoms with Crippen molar-refractivity contribution in [1.82, 2.24) is 10.3 Å². The highest BCUT2D eigenvalue weighted by atomic mass is 32.2. The molecule has 4 aliphatic rings. The monoisotopic (exact) mass is 898 g/mol. The summed E-state index contributed by atoms with van der Waals surface area (Å²) in [6, 6.07) is 86.6. The van der Waals surface area contributed by atoms with Crippen molar-refractivity contribution in [2.45, 2.75) is 26.8 Å². The third kappa shape index (κ3) is 5.81. The van der Waals surface area contributed by atoms with E-state index in [2.05, 4.69) is 210 Å². The van der Waals surface area contributed by atoms with Gasteiger partial charge in [-0.25, -0.2) is 9.98 Å². The van der Waals surface area contributed by atoms with Gasteiger partial charge in [-0.1, -0.05) is 218 Å². The minimum absolute atomic E-state index is 0.453. The Bertz CT molecular complexity index is 3650. The van der Waals surface area contributed by atoms with E-state index in [0.29, 0.717) is 0 Å². The Morgan fingerprint density at radius 1 is 0.362 bits per heavy atom. The van der Waals surface area contributed by atoms with Crippen molar-refractivity contribution in [3.8, 4) is 33.5 Å². The van der Waals surface area contributed by atoms with Gasteiger partial charge < -0.3 is 5.32 Å². The minimum Gasteiger partial charge on any atom is -0.324 e. The highest BCUT2D eigenvalue weighted by molar-refractivity contribution is 7.99. The molecule has 0 amide bonds. The number of aromatic nitrogens is 1. The number of hydrogen-bond acceptors (Lipinski definition) is 5. The molecule has 9 aromatic carbocycles. The zero-order chi connectivity index (χ0) is 45.5. The number of hydrogen-bond donors (Lipinski definition) is 1. The smallest absolute Gasteiger partial charge is 0.169 e. The number of benzene rings is 9.